The summed E-state index contributed by atoms with van der Waals surface area (Å²) >= 11 is 0. The van der Waals surface area contributed by atoms with Gasteiger partial charge in [-0.2, -0.15) is 0 Å². The fourth-order valence-electron chi connectivity index (χ4n) is 5.25. The summed E-state index contributed by atoms with van der Waals surface area (Å²) in [5.41, 5.74) is 2.72. The van der Waals surface area contributed by atoms with Gasteiger partial charge < -0.3 is 24.2 Å². The highest BCUT2D eigenvalue weighted by Crippen LogP contribution is 2.48. The van der Waals surface area contributed by atoms with E-state index in [2.05, 4.69) is 0 Å². The molecule has 1 amide bonds. The maximum atomic E-state index is 13.4. The summed E-state index contributed by atoms with van der Waals surface area (Å²) in [5, 5.41) is 11.5. The summed E-state index contributed by atoms with van der Waals surface area (Å²) in [4.78, 5) is 28.4. The Kier molecular flexibility index (Phi) is 6.55. The number of hydrogen-bond donors (Lipinski definition) is 1. The van der Waals surface area contributed by atoms with Crippen LogP contribution in [-0.4, -0.2) is 49.1 Å². The van der Waals surface area contributed by atoms with Crippen molar-refractivity contribution in [3.05, 3.63) is 58.2 Å². The number of ketones is 1. The van der Waals surface area contributed by atoms with Crippen LogP contribution in [0.25, 0.3) is 5.76 Å². The van der Waals surface area contributed by atoms with Gasteiger partial charge in [-0.1, -0.05) is 25.0 Å². The van der Waals surface area contributed by atoms with Gasteiger partial charge in [0.1, 0.15) is 11.5 Å². The Bertz CT molecular complexity index is 1160. The van der Waals surface area contributed by atoms with Crippen molar-refractivity contribution < 1.29 is 28.9 Å². The molecular weight excluding hydrogens is 434 g/mol. The van der Waals surface area contributed by atoms with Gasteiger partial charge in [0.25, 0.3) is 11.7 Å². The molecule has 1 unspecified atom stereocenters. The van der Waals surface area contributed by atoms with Gasteiger partial charge in [0.15, 0.2) is 11.5 Å². The monoisotopic (exact) mass is 465 g/mol. The lowest BCUT2D eigenvalue weighted by Gasteiger charge is -2.31. The summed E-state index contributed by atoms with van der Waals surface area (Å²) in [6.45, 7) is 3.71. The van der Waals surface area contributed by atoms with Gasteiger partial charge in [-0.3, -0.25) is 9.59 Å². The zero-order valence-electron chi connectivity index (χ0n) is 20.3. The number of nitrogens with zero attached hydrogens (tertiary/aromatic N) is 1. The zero-order valence-corrected chi connectivity index (χ0v) is 20.3. The van der Waals surface area contributed by atoms with Crippen LogP contribution in [0.2, 0.25) is 0 Å². The molecule has 0 radical (unpaired) electrons. The summed E-state index contributed by atoms with van der Waals surface area (Å²) in [6.07, 6.45) is 3.62. The third-order valence-corrected chi connectivity index (χ3v) is 6.92. The molecule has 4 rings (SSSR count). The molecule has 1 aliphatic heterocycles. The molecule has 1 heterocycles. The number of para-hydroxylation sites is 1. The third-order valence-electron chi connectivity index (χ3n) is 6.92. The van der Waals surface area contributed by atoms with Crippen LogP contribution in [0.15, 0.2) is 35.9 Å². The minimum Gasteiger partial charge on any atom is -0.507 e. The number of aryl methyl sites for hydroxylation is 2. The molecule has 7 heteroatoms. The Labute approximate surface area is 199 Å². The summed E-state index contributed by atoms with van der Waals surface area (Å²) in [5.74, 6) is 0.142. The molecule has 1 atom stereocenters. The van der Waals surface area contributed by atoms with Gasteiger partial charge in [0.05, 0.1) is 32.9 Å². The van der Waals surface area contributed by atoms with Crippen molar-refractivity contribution >= 4 is 17.4 Å². The molecule has 0 aromatic heterocycles. The molecule has 1 N–H and O–H groups in total. The molecule has 2 aromatic rings. The highest BCUT2D eigenvalue weighted by molar-refractivity contribution is 6.46. The zero-order chi connectivity index (χ0) is 24.6. The first-order valence-electron chi connectivity index (χ1n) is 11.5. The molecule has 1 aliphatic carbocycles. The van der Waals surface area contributed by atoms with Crippen molar-refractivity contribution in [1.82, 2.24) is 4.90 Å². The summed E-state index contributed by atoms with van der Waals surface area (Å²) in [7, 11) is 4.66. The van der Waals surface area contributed by atoms with E-state index in [0.29, 0.717) is 28.4 Å². The van der Waals surface area contributed by atoms with Gasteiger partial charge >= 0.3 is 0 Å². The van der Waals surface area contributed by atoms with Crippen LogP contribution in [-0.2, 0) is 9.59 Å². The third kappa shape index (κ3) is 3.79. The summed E-state index contributed by atoms with van der Waals surface area (Å²) in [6, 6.07) is 8.12. The van der Waals surface area contributed by atoms with Crippen molar-refractivity contribution in [2.45, 2.75) is 51.6 Å². The second-order valence-corrected chi connectivity index (χ2v) is 8.86. The van der Waals surface area contributed by atoms with Crippen molar-refractivity contribution in [3.63, 3.8) is 0 Å². The number of carbonyl (C=O) groups is 2. The van der Waals surface area contributed by atoms with E-state index in [-0.39, 0.29) is 17.4 Å². The van der Waals surface area contributed by atoms with E-state index in [9.17, 15) is 14.7 Å². The highest BCUT2D eigenvalue weighted by Gasteiger charge is 2.50. The normalized spacial score (nSPS) is 20.1. The molecule has 0 bridgehead atoms. The molecule has 1 saturated carbocycles. The van der Waals surface area contributed by atoms with Gasteiger partial charge in [0.2, 0.25) is 0 Å². The Morgan fingerprint density at radius 3 is 2.24 bits per heavy atom. The highest BCUT2D eigenvalue weighted by atomic mass is 16.5. The molecule has 7 nitrogen and oxygen atoms in total. The van der Waals surface area contributed by atoms with E-state index in [1.807, 2.05) is 26.0 Å². The average Bonchev–Trinajstić information content (AvgIpc) is 3.45. The van der Waals surface area contributed by atoms with E-state index in [4.69, 9.17) is 14.2 Å². The number of aliphatic hydroxyl groups is 1. The molecule has 2 aromatic carbocycles. The second kappa shape index (κ2) is 9.41. The number of aliphatic hydroxyl groups excluding tert-OH is 1. The summed E-state index contributed by atoms with van der Waals surface area (Å²) < 4.78 is 16.6. The van der Waals surface area contributed by atoms with Crippen molar-refractivity contribution in [1.29, 1.82) is 0 Å². The minimum atomic E-state index is -0.782. The van der Waals surface area contributed by atoms with Crippen LogP contribution < -0.4 is 14.2 Å². The number of hydrogen-bond acceptors (Lipinski definition) is 6. The van der Waals surface area contributed by atoms with Crippen LogP contribution >= 0.6 is 0 Å². The number of likely N-dealkylation sites (tertiary alicyclic amines) is 1. The van der Waals surface area contributed by atoms with E-state index < -0.39 is 17.7 Å². The lowest BCUT2D eigenvalue weighted by molar-refractivity contribution is -0.141. The molecule has 2 aliphatic rings. The first-order chi connectivity index (χ1) is 16.3. The molecule has 34 heavy (non-hydrogen) atoms. The number of amides is 1. The first kappa shape index (κ1) is 23.7. The van der Waals surface area contributed by atoms with Gasteiger partial charge in [0, 0.05) is 17.2 Å². The molecule has 0 spiro atoms. The molecular formula is C27H31NO6. The Morgan fingerprint density at radius 1 is 0.941 bits per heavy atom. The molecule has 2 fully saturated rings. The van der Waals surface area contributed by atoms with Gasteiger partial charge in [-0.25, -0.2) is 0 Å². The number of Topliss-reactive ketones (excluding diaryl/α,β-unsaturated/α-hetero) is 1. The predicted molar refractivity (Wildman–Crippen MR) is 128 cm³/mol. The standard InChI is InChI=1S/C27H31NO6/c1-15-14-21(33-4)16(2)13-19(15)24(29)22-23(18-11-8-12-20(32-3)26(18)34-5)28(27(31)25(22)30)17-9-6-7-10-17/h8,11-14,17,23,29H,6-7,9-10H2,1-5H3/b24-22+. The molecule has 180 valence electrons. The van der Waals surface area contributed by atoms with Crippen molar-refractivity contribution in [3.8, 4) is 17.2 Å². The largest absolute Gasteiger partial charge is 0.507 e. The number of carbonyl (C=O) groups excluding carboxylic acids is 2. The Balaban J connectivity index is 1.98. The van der Waals surface area contributed by atoms with E-state index >= 15 is 0 Å². The van der Waals surface area contributed by atoms with Crippen LogP contribution in [0, 0.1) is 13.8 Å². The first-order valence-corrected chi connectivity index (χ1v) is 11.5. The average molecular weight is 466 g/mol. The van der Waals surface area contributed by atoms with Crippen LogP contribution in [0.5, 0.6) is 17.2 Å². The topological polar surface area (TPSA) is 85.3 Å². The predicted octanol–water partition coefficient (Wildman–Crippen LogP) is 4.69. The number of rotatable bonds is 6. The van der Waals surface area contributed by atoms with E-state index in [1.54, 1.807) is 37.3 Å². The van der Waals surface area contributed by atoms with Crippen LogP contribution in [0.1, 0.15) is 54.0 Å². The number of methoxy groups -OCH3 is 3. The second-order valence-electron chi connectivity index (χ2n) is 8.86. The fraction of sp³-hybridized carbons (Fsp3) is 0.407. The number of ether oxygens (including phenoxy) is 3. The van der Waals surface area contributed by atoms with Crippen molar-refractivity contribution in [2.75, 3.05) is 21.3 Å². The Morgan fingerprint density at radius 2 is 1.62 bits per heavy atom. The van der Waals surface area contributed by atoms with Crippen molar-refractivity contribution in [2.24, 2.45) is 0 Å². The van der Waals surface area contributed by atoms with E-state index in [1.165, 1.54) is 7.11 Å². The van der Waals surface area contributed by atoms with Crippen LogP contribution in [0.3, 0.4) is 0 Å². The minimum absolute atomic E-state index is 0.0659. The lowest BCUT2D eigenvalue weighted by Crippen LogP contribution is -2.37. The van der Waals surface area contributed by atoms with Gasteiger partial charge in [-0.15, -0.1) is 0 Å². The number of benzene rings is 2. The smallest absolute Gasteiger partial charge is 0.295 e. The molecule has 1 saturated heterocycles. The maximum absolute atomic E-state index is 13.4. The quantitative estimate of drug-likeness (QED) is 0.378. The van der Waals surface area contributed by atoms with Crippen LogP contribution in [0.4, 0.5) is 0 Å². The SMILES string of the molecule is COc1cc(C)c(/C(O)=C2\C(=O)C(=O)N(C3CCCC3)C2c2cccc(OC)c2OC)cc1C. The van der Waals surface area contributed by atoms with Gasteiger partial charge in [-0.05, 0) is 56.0 Å². The fourth-order valence-corrected chi connectivity index (χ4v) is 5.25. The lowest BCUT2D eigenvalue weighted by atomic mass is 9.92. The maximum Gasteiger partial charge on any atom is 0.295 e. The Hall–Kier alpha value is -3.48. The van der Waals surface area contributed by atoms with E-state index in [0.717, 1.165) is 36.8 Å².